The molecule has 2 amide bonds. The van der Waals surface area contributed by atoms with E-state index in [9.17, 15) is 9.59 Å². The third-order valence-corrected chi connectivity index (χ3v) is 4.76. The second kappa shape index (κ2) is 7.28. The lowest BCUT2D eigenvalue weighted by Gasteiger charge is -2.27. The summed E-state index contributed by atoms with van der Waals surface area (Å²) in [5.41, 5.74) is 2.49. The van der Waals surface area contributed by atoms with Crippen LogP contribution in [0.15, 0.2) is 42.5 Å². The Bertz CT molecular complexity index is 883. The molecule has 0 aliphatic carbocycles. The van der Waals surface area contributed by atoms with E-state index in [4.69, 9.17) is 9.47 Å². The van der Waals surface area contributed by atoms with E-state index in [1.54, 1.807) is 4.90 Å². The van der Waals surface area contributed by atoms with Crippen LogP contribution in [-0.2, 0) is 16.1 Å². The summed E-state index contributed by atoms with van der Waals surface area (Å²) < 4.78 is 10.7. The Hall–Kier alpha value is -3.06. The van der Waals surface area contributed by atoms with E-state index in [1.165, 1.54) is 0 Å². The van der Waals surface area contributed by atoms with Crippen molar-refractivity contribution in [3.05, 3.63) is 48.0 Å². The van der Waals surface area contributed by atoms with Crippen LogP contribution in [0.1, 0.15) is 18.9 Å². The molecular weight excluding hydrogens is 346 g/mol. The van der Waals surface area contributed by atoms with E-state index in [-0.39, 0.29) is 31.1 Å². The maximum absolute atomic E-state index is 12.9. The molecule has 27 heavy (non-hydrogen) atoms. The lowest BCUT2D eigenvalue weighted by atomic mass is 10.1. The molecule has 4 rings (SSSR count). The quantitative estimate of drug-likeness (QED) is 0.851. The van der Waals surface area contributed by atoms with Gasteiger partial charge in [0.25, 0.3) is 5.91 Å². The van der Waals surface area contributed by atoms with Gasteiger partial charge in [-0.25, -0.2) is 0 Å². The van der Waals surface area contributed by atoms with E-state index in [1.807, 2.05) is 54.7 Å². The van der Waals surface area contributed by atoms with E-state index in [0.29, 0.717) is 18.8 Å². The smallest absolute Gasteiger partial charge is 0.282 e. The summed E-state index contributed by atoms with van der Waals surface area (Å²) in [6, 6.07) is 13.0. The molecule has 2 aliphatic rings. The number of hydrogen-bond acceptors (Lipinski definition) is 4. The van der Waals surface area contributed by atoms with Crippen LogP contribution in [0, 0.1) is 0 Å². The molecule has 7 heteroatoms. The third-order valence-electron chi connectivity index (χ3n) is 4.76. The van der Waals surface area contributed by atoms with Crippen LogP contribution in [0.2, 0.25) is 0 Å². The van der Waals surface area contributed by atoms with Crippen molar-refractivity contribution >= 4 is 23.2 Å². The molecule has 0 fully saturated rings. The van der Waals surface area contributed by atoms with Crippen molar-refractivity contribution in [1.29, 1.82) is 0 Å². The van der Waals surface area contributed by atoms with E-state index in [0.717, 1.165) is 22.7 Å². The number of hydrogen-bond donors (Lipinski definition) is 2. The lowest BCUT2D eigenvalue weighted by Crippen LogP contribution is -2.85. The number of anilines is 2. The summed E-state index contributed by atoms with van der Waals surface area (Å²) >= 11 is 0. The van der Waals surface area contributed by atoms with Gasteiger partial charge < -0.3 is 25.0 Å². The largest absolute Gasteiger partial charge is 0.454 e. The second-order valence-electron chi connectivity index (χ2n) is 6.77. The molecular formula is C20H22N3O4+. The molecule has 0 saturated heterocycles. The van der Waals surface area contributed by atoms with Gasteiger partial charge in [-0.1, -0.05) is 12.1 Å². The number of para-hydroxylation sites is 2. The number of amides is 2. The molecule has 0 saturated carbocycles. The zero-order valence-corrected chi connectivity index (χ0v) is 15.1. The number of nitrogens with one attached hydrogen (secondary N) is 1. The Morgan fingerprint density at radius 2 is 2.04 bits per heavy atom. The van der Waals surface area contributed by atoms with Gasteiger partial charge in [0.1, 0.15) is 6.54 Å². The van der Waals surface area contributed by atoms with E-state index in [2.05, 4.69) is 5.32 Å². The normalized spacial score (nSPS) is 17.9. The Labute approximate surface area is 157 Å². The molecule has 3 N–H and O–H groups in total. The molecule has 0 aromatic heterocycles. The molecule has 2 aromatic carbocycles. The van der Waals surface area contributed by atoms with Gasteiger partial charge in [0, 0.05) is 18.0 Å². The summed E-state index contributed by atoms with van der Waals surface area (Å²) in [5.74, 6) is 1.40. The number of quaternary nitrogens is 1. The fourth-order valence-corrected chi connectivity index (χ4v) is 3.50. The number of nitrogens with two attached hydrogens (primary N) is 1. The van der Waals surface area contributed by atoms with Crippen molar-refractivity contribution in [2.45, 2.75) is 25.9 Å². The van der Waals surface area contributed by atoms with Crippen LogP contribution < -0.4 is 25.0 Å². The Morgan fingerprint density at radius 1 is 1.22 bits per heavy atom. The SMILES string of the molecule is C[C@@H]1CC(=O)Nc2ccccc2N1C(=O)C[NH2+]Cc1ccc2c(c1)OCO2. The predicted molar refractivity (Wildman–Crippen MR) is 99.7 cm³/mol. The number of fused-ring (bicyclic) bond motifs is 2. The van der Waals surface area contributed by atoms with Gasteiger partial charge in [0.15, 0.2) is 18.0 Å². The number of carbonyl (C=O) groups excluding carboxylic acids is 2. The Morgan fingerprint density at radius 3 is 2.93 bits per heavy atom. The average molecular weight is 368 g/mol. The van der Waals surface area contributed by atoms with Gasteiger partial charge in [0.2, 0.25) is 12.7 Å². The third kappa shape index (κ3) is 3.59. The minimum Gasteiger partial charge on any atom is -0.454 e. The maximum Gasteiger partial charge on any atom is 0.282 e. The molecule has 2 aromatic rings. The fourth-order valence-electron chi connectivity index (χ4n) is 3.50. The second-order valence-corrected chi connectivity index (χ2v) is 6.77. The van der Waals surface area contributed by atoms with Gasteiger partial charge in [-0.2, -0.15) is 0 Å². The first-order valence-electron chi connectivity index (χ1n) is 9.03. The average Bonchev–Trinajstić information content (AvgIpc) is 3.06. The zero-order valence-electron chi connectivity index (χ0n) is 15.1. The van der Waals surface area contributed by atoms with Crippen molar-refractivity contribution in [2.24, 2.45) is 0 Å². The fraction of sp³-hybridized carbons (Fsp3) is 0.300. The predicted octanol–water partition coefficient (Wildman–Crippen LogP) is 1.24. The minimum absolute atomic E-state index is 0.0211. The summed E-state index contributed by atoms with van der Waals surface area (Å²) in [7, 11) is 0. The minimum atomic E-state index is -0.194. The molecule has 0 radical (unpaired) electrons. The van der Waals surface area contributed by atoms with Gasteiger partial charge in [0.05, 0.1) is 11.4 Å². The van der Waals surface area contributed by atoms with Gasteiger partial charge >= 0.3 is 0 Å². The van der Waals surface area contributed by atoms with Crippen molar-refractivity contribution in [3.63, 3.8) is 0 Å². The highest BCUT2D eigenvalue weighted by Gasteiger charge is 2.30. The van der Waals surface area contributed by atoms with Crippen molar-refractivity contribution in [1.82, 2.24) is 0 Å². The molecule has 7 nitrogen and oxygen atoms in total. The van der Waals surface area contributed by atoms with Crippen LogP contribution in [0.5, 0.6) is 11.5 Å². The highest BCUT2D eigenvalue weighted by Crippen LogP contribution is 2.32. The number of ether oxygens (including phenoxy) is 2. The van der Waals surface area contributed by atoms with Crippen LogP contribution in [-0.4, -0.2) is 31.2 Å². The van der Waals surface area contributed by atoms with Gasteiger partial charge in [-0.05, 0) is 37.3 Å². The molecule has 0 bridgehead atoms. The Balaban J connectivity index is 1.43. The van der Waals surface area contributed by atoms with Crippen molar-refractivity contribution in [3.8, 4) is 11.5 Å². The summed E-state index contributed by atoms with van der Waals surface area (Å²) in [4.78, 5) is 26.7. The highest BCUT2D eigenvalue weighted by molar-refractivity contribution is 6.04. The number of carbonyl (C=O) groups is 2. The zero-order chi connectivity index (χ0) is 18.8. The monoisotopic (exact) mass is 368 g/mol. The van der Waals surface area contributed by atoms with Crippen LogP contribution in [0.3, 0.4) is 0 Å². The van der Waals surface area contributed by atoms with Gasteiger partial charge in [-0.15, -0.1) is 0 Å². The standard InChI is InChI=1S/C20H21N3O4/c1-13-8-19(24)22-15-4-2-3-5-16(15)23(13)20(25)11-21-10-14-6-7-17-18(9-14)27-12-26-17/h2-7,9,13,21H,8,10-12H2,1H3,(H,22,24)/p+1/t13-/m1/s1. The summed E-state index contributed by atoms with van der Waals surface area (Å²) in [6.07, 6.45) is 0.280. The van der Waals surface area contributed by atoms with E-state index >= 15 is 0 Å². The first-order valence-corrected chi connectivity index (χ1v) is 9.03. The molecule has 2 aliphatic heterocycles. The summed E-state index contributed by atoms with van der Waals surface area (Å²) in [6.45, 7) is 3.10. The molecule has 0 unspecified atom stereocenters. The topological polar surface area (TPSA) is 84.5 Å². The van der Waals surface area contributed by atoms with Crippen molar-refractivity contribution < 1.29 is 24.4 Å². The molecule has 0 spiro atoms. The van der Waals surface area contributed by atoms with Crippen LogP contribution >= 0.6 is 0 Å². The highest BCUT2D eigenvalue weighted by atomic mass is 16.7. The number of nitrogens with zero attached hydrogens (tertiary/aromatic N) is 1. The number of rotatable bonds is 4. The van der Waals surface area contributed by atoms with Crippen molar-refractivity contribution in [2.75, 3.05) is 23.6 Å². The first kappa shape index (κ1) is 17.4. The number of benzene rings is 2. The maximum atomic E-state index is 12.9. The van der Waals surface area contributed by atoms with Crippen LogP contribution in [0.25, 0.3) is 0 Å². The molecule has 1 atom stereocenters. The first-order chi connectivity index (χ1) is 13.1. The Kier molecular flexibility index (Phi) is 4.68. The van der Waals surface area contributed by atoms with Crippen LogP contribution in [0.4, 0.5) is 11.4 Å². The lowest BCUT2D eigenvalue weighted by molar-refractivity contribution is -0.659. The molecule has 2 heterocycles. The summed E-state index contributed by atoms with van der Waals surface area (Å²) in [5, 5.41) is 4.83. The van der Waals surface area contributed by atoms with Gasteiger partial charge in [-0.3, -0.25) is 9.59 Å². The van der Waals surface area contributed by atoms with E-state index < -0.39 is 0 Å². The molecule has 140 valence electrons.